The summed E-state index contributed by atoms with van der Waals surface area (Å²) in [5.74, 6) is 2.11. The summed E-state index contributed by atoms with van der Waals surface area (Å²) >= 11 is 0. The predicted molar refractivity (Wildman–Crippen MR) is 105 cm³/mol. The van der Waals surface area contributed by atoms with E-state index in [1.54, 1.807) is 0 Å². The molecule has 0 heterocycles. The van der Waals surface area contributed by atoms with Gasteiger partial charge in [0.2, 0.25) is 0 Å². The molecule has 0 aromatic rings. The van der Waals surface area contributed by atoms with Gasteiger partial charge in [-0.05, 0) is 21.8 Å². The Balaban J connectivity index is 0.00000176. The van der Waals surface area contributed by atoms with Crippen molar-refractivity contribution in [2.75, 3.05) is 0 Å². The van der Waals surface area contributed by atoms with Crippen molar-refractivity contribution in [3.05, 3.63) is 57.2 Å². The van der Waals surface area contributed by atoms with Gasteiger partial charge in [-0.2, -0.15) is 12.3 Å². The van der Waals surface area contributed by atoms with Gasteiger partial charge in [-0.15, -0.1) is 0 Å². The Hall–Kier alpha value is 0.103. The van der Waals surface area contributed by atoms with Gasteiger partial charge in [-0.1, -0.05) is 84.3 Å². The summed E-state index contributed by atoms with van der Waals surface area (Å²) in [6, 6.07) is 0. The molecule has 3 aliphatic rings. The third kappa shape index (κ3) is 3.92. The first-order chi connectivity index (χ1) is 9.64. The van der Waals surface area contributed by atoms with Gasteiger partial charge >= 0.3 is 26.2 Å². The fraction of sp³-hybridized carbons (Fsp3) is 0.609. The predicted octanol–water partition coefficient (Wildman–Crippen LogP) is 6.88. The minimum Gasteiger partial charge on any atom is -0.358 e. The Bertz CT molecular complexity index is 515. The van der Waals surface area contributed by atoms with E-state index in [0.717, 1.165) is 11.8 Å². The van der Waals surface area contributed by atoms with Crippen LogP contribution in [-0.4, -0.2) is 0 Å². The van der Waals surface area contributed by atoms with Crippen LogP contribution in [0.4, 0.5) is 0 Å². The van der Waals surface area contributed by atoms with Gasteiger partial charge in [0.25, 0.3) is 0 Å². The van der Waals surface area contributed by atoms with Crippen molar-refractivity contribution in [3.63, 3.8) is 0 Å². The summed E-state index contributed by atoms with van der Waals surface area (Å²) in [6.45, 7) is 14.3. The fourth-order valence-electron chi connectivity index (χ4n) is 4.71. The summed E-state index contributed by atoms with van der Waals surface area (Å²) in [4.78, 5) is 0. The zero-order chi connectivity index (χ0) is 15.5. The Labute approximate surface area is 171 Å². The van der Waals surface area contributed by atoms with Crippen LogP contribution in [0.5, 0.6) is 0 Å². The van der Waals surface area contributed by atoms with E-state index in [1.165, 1.54) is 18.4 Å². The van der Waals surface area contributed by atoms with Crippen LogP contribution >= 0.6 is 0 Å². The quantitative estimate of drug-likeness (QED) is 0.330. The maximum atomic E-state index is 2.60. The maximum Gasteiger partial charge on any atom is 3.00 e. The van der Waals surface area contributed by atoms with Crippen LogP contribution in [0.15, 0.2) is 36.0 Å². The first-order valence-electron chi connectivity index (χ1n) is 8.59. The maximum absolute atomic E-state index is 2.60. The van der Waals surface area contributed by atoms with E-state index in [2.05, 4.69) is 78.3 Å². The van der Waals surface area contributed by atoms with Gasteiger partial charge in [-0.3, -0.25) is 0 Å². The normalized spacial score (nSPS) is 36.1. The molecule has 0 nitrogen and oxygen atoms in total. The number of hydrogen-bond donors (Lipinski definition) is 0. The van der Waals surface area contributed by atoms with Crippen LogP contribution in [0.25, 0.3) is 0 Å². The average Bonchev–Trinajstić information content (AvgIpc) is 3.02. The molecule has 1 saturated carbocycles. The summed E-state index contributed by atoms with van der Waals surface area (Å²) < 4.78 is 0. The number of rotatable bonds is 1. The Kier molecular flexibility index (Phi) is 7.81. The zero-order valence-corrected chi connectivity index (χ0v) is 19.6. The SMILES string of the molecule is CC(C)(C)C1=CC(C2(C)C=CC(C)(C)C3[CH-]CCC32)C=C1.[CH3-].[CH3-].[Zr+3]. The van der Waals surface area contributed by atoms with E-state index in [0.29, 0.717) is 11.3 Å². The van der Waals surface area contributed by atoms with Gasteiger partial charge in [0, 0.05) is 5.92 Å². The van der Waals surface area contributed by atoms with Crippen molar-refractivity contribution in [3.8, 4) is 0 Å². The standard InChI is InChI=1S/C21H31.2CH3.Zr/c1-19(2,3)15-10-11-16(14-15)21(6)13-12-20(4,5)17-8-7-9-18(17)21;;;/h8,10-14,16-18H,7,9H2,1-6H3;2*1H3;/q3*-1;+3. The smallest absolute Gasteiger partial charge is 0.358 e. The van der Waals surface area contributed by atoms with E-state index in [4.69, 9.17) is 0 Å². The molecule has 0 amide bonds. The zero-order valence-electron chi connectivity index (χ0n) is 17.1. The van der Waals surface area contributed by atoms with Gasteiger partial charge < -0.3 is 21.3 Å². The second-order valence-electron chi connectivity index (χ2n) is 9.22. The molecule has 0 N–H and O–H groups in total. The second-order valence-corrected chi connectivity index (χ2v) is 9.22. The Morgan fingerprint density at radius 1 is 1.08 bits per heavy atom. The number of allylic oxidation sites excluding steroid dienone is 6. The molecule has 24 heavy (non-hydrogen) atoms. The molecule has 0 aliphatic heterocycles. The van der Waals surface area contributed by atoms with Crippen LogP contribution < -0.4 is 0 Å². The van der Waals surface area contributed by atoms with Crippen molar-refractivity contribution >= 4 is 0 Å². The van der Waals surface area contributed by atoms with Gasteiger partial charge in [0.1, 0.15) is 0 Å². The molecule has 4 atom stereocenters. The molecule has 1 fully saturated rings. The molecule has 3 rings (SSSR count). The van der Waals surface area contributed by atoms with Gasteiger partial charge in [-0.25, -0.2) is 0 Å². The monoisotopic (exact) mass is 403 g/mol. The van der Waals surface area contributed by atoms with E-state index in [1.807, 2.05) is 0 Å². The molecule has 4 unspecified atom stereocenters. The largest absolute Gasteiger partial charge is 3.00 e. The second kappa shape index (κ2) is 7.77. The van der Waals surface area contributed by atoms with Gasteiger partial charge in [0.15, 0.2) is 0 Å². The van der Waals surface area contributed by atoms with Crippen molar-refractivity contribution < 1.29 is 26.2 Å². The van der Waals surface area contributed by atoms with Crippen LogP contribution in [0.2, 0.25) is 0 Å². The Morgan fingerprint density at radius 3 is 2.25 bits per heavy atom. The molecule has 1 radical (unpaired) electrons. The average molecular weight is 405 g/mol. The van der Waals surface area contributed by atoms with Crippen LogP contribution in [0.3, 0.4) is 0 Å². The topological polar surface area (TPSA) is 0 Å². The van der Waals surface area contributed by atoms with E-state index >= 15 is 0 Å². The summed E-state index contributed by atoms with van der Waals surface area (Å²) in [5.41, 5.74) is 2.39. The molecule has 3 aliphatic carbocycles. The molecular weight excluding hydrogens is 367 g/mol. The molecule has 0 aromatic heterocycles. The van der Waals surface area contributed by atoms with E-state index < -0.39 is 0 Å². The third-order valence-corrected chi connectivity index (χ3v) is 6.29. The number of fused-ring (bicyclic) bond motifs is 1. The summed E-state index contributed by atoms with van der Waals surface area (Å²) in [7, 11) is 0. The first kappa shape index (κ1) is 24.1. The molecule has 0 spiro atoms. The van der Waals surface area contributed by atoms with E-state index in [-0.39, 0.29) is 51.9 Å². The summed E-state index contributed by atoms with van der Waals surface area (Å²) in [6.07, 6.45) is 17.7. The minimum absolute atomic E-state index is 0. The molecule has 1 heteroatoms. The molecule has 133 valence electrons. The van der Waals surface area contributed by atoms with Crippen molar-refractivity contribution in [1.82, 2.24) is 0 Å². The van der Waals surface area contributed by atoms with Crippen molar-refractivity contribution in [2.45, 2.75) is 54.4 Å². The minimum atomic E-state index is 0. The number of hydrogen-bond acceptors (Lipinski definition) is 0. The summed E-state index contributed by atoms with van der Waals surface area (Å²) in [5, 5.41) is 0. The molecule has 0 saturated heterocycles. The van der Waals surface area contributed by atoms with Crippen molar-refractivity contribution in [2.24, 2.45) is 34.0 Å². The van der Waals surface area contributed by atoms with Gasteiger partial charge in [0.05, 0.1) is 0 Å². The molecule has 0 aromatic carbocycles. The first-order valence-corrected chi connectivity index (χ1v) is 8.59. The fourth-order valence-corrected chi connectivity index (χ4v) is 4.71. The van der Waals surface area contributed by atoms with Crippen LogP contribution in [0.1, 0.15) is 54.4 Å². The Morgan fingerprint density at radius 2 is 1.71 bits per heavy atom. The van der Waals surface area contributed by atoms with Crippen LogP contribution in [0, 0.1) is 55.3 Å². The molecule has 0 bridgehead atoms. The third-order valence-electron chi connectivity index (χ3n) is 6.29. The van der Waals surface area contributed by atoms with Crippen molar-refractivity contribution in [1.29, 1.82) is 0 Å². The molecular formula is C23H37Zr. The van der Waals surface area contributed by atoms with E-state index in [9.17, 15) is 0 Å². The van der Waals surface area contributed by atoms with Crippen LogP contribution in [-0.2, 0) is 26.2 Å².